The molecule has 0 aliphatic carbocycles. The summed E-state index contributed by atoms with van der Waals surface area (Å²) >= 11 is 0. The average molecular weight is 249 g/mol. The van der Waals surface area contributed by atoms with E-state index in [1.165, 1.54) is 0 Å². The Kier molecular flexibility index (Phi) is 8.47. The number of rotatable bonds is 8. The van der Waals surface area contributed by atoms with Crippen LogP contribution in [0.4, 0.5) is 0 Å². The van der Waals surface area contributed by atoms with Gasteiger partial charge >= 0.3 is 5.97 Å². The summed E-state index contributed by atoms with van der Waals surface area (Å²) in [7, 11) is -0.773. The van der Waals surface area contributed by atoms with E-state index in [2.05, 4.69) is 5.32 Å². The van der Waals surface area contributed by atoms with E-state index in [4.69, 9.17) is 4.74 Å². The van der Waals surface area contributed by atoms with Crippen LogP contribution >= 0.6 is 0 Å². The van der Waals surface area contributed by atoms with Crippen molar-refractivity contribution in [1.29, 1.82) is 0 Å². The fourth-order valence-corrected chi connectivity index (χ4v) is 2.05. The Labute approximate surface area is 101 Å². The molecule has 0 bridgehead atoms. The molecule has 0 saturated heterocycles. The van der Waals surface area contributed by atoms with E-state index >= 15 is 0 Å². The molecule has 0 aliphatic heterocycles. The molecule has 16 heavy (non-hydrogen) atoms. The van der Waals surface area contributed by atoms with Crippen molar-refractivity contribution in [3.63, 3.8) is 0 Å². The van der Waals surface area contributed by atoms with Gasteiger partial charge in [-0.05, 0) is 26.7 Å². The summed E-state index contributed by atoms with van der Waals surface area (Å²) in [6.07, 6.45) is 3.20. The van der Waals surface area contributed by atoms with E-state index in [1.807, 2.05) is 13.8 Å². The third-order valence-corrected chi connectivity index (χ3v) is 3.11. The lowest BCUT2D eigenvalue weighted by Crippen LogP contribution is -2.43. The zero-order valence-corrected chi connectivity index (χ0v) is 11.4. The summed E-state index contributed by atoms with van der Waals surface area (Å²) < 4.78 is 15.9. The van der Waals surface area contributed by atoms with Crippen LogP contribution in [0, 0.1) is 0 Å². The van der Waals surface area contributed by atoms with Crippen LogP contribution in [0.2, 0.25) is 0 Å². The van der Waals surface area contributed by atoms with Crippen LogP contribution in [0.25, 0.3) is 0 Å². The van der Waals surface area contributed by atoms with Crippen LogP contribution in [0.1, 0.15) is 33.6 Å². The van der Waals surface area contributed by atoms with Gasteiger partial charge in [-0.2, -0.15) is 0 Å². The number of esters is 1. The molecule has 0 aromatic rings. The lowest BCUT2D eigenvalue weighted by molar-refractivity contribution is -0.145. The molecule has 1 N–H and O–H groups in total. The Balaban J connectivity index is 4.00. The summed E-state index contributed by atoms with van der Waals surface area (Å²) in [6, 6.07) is -0.0708. The van der Waals surface area contributed by atoms with Crippen LogP contribution in [0.15, 0.2) is 0 Å². The predicted molar refractivity (Wildman–Crippen MR) is 66.9 cm³/mol. The maximum absolute atomic E-state index is 11.5. The molecule has 0 radical (unpaired) electrons. The minimum atomic E-state index is -0.773. The molecular weight excluding hydrogens is 226 g/mol. The van der Waals surface area contributed by atoms with Crippen LogP contribution in [0.5, 0.6) is 0 Å². The molecule has 4 nitrogen and oxygen atoms in total. The second kappa shape index (κ2) is 8.70. The Morgan fingerprint density at radius 2 is 2.06 bits per heavy atom. The van der Waals surface area contributed by atoms with Gasteiger partial charge in [-0.25, -0.2) is 0 Å². The molecule has 0 rings (SSSR count). The Hall–Kier alpha value is -0.420. The quantitative estimate of drug-likeness (QED) is 0.654. The minimum Gasteiger partial charge on any atom is -0.465 e. The summed E-state index contributed by atoms with van der Waals surface area (Å²) in [5, 5.41) is 3.20. The number of hydrogen-bond acceptors (Lipinski definition) is 4. The van der Waals surface area contributed by atoms with E-state index in [-0.39, 0.29) is 18.1 Å². The van der Waals surface area contributed by atoms with Gasteiger partial charge in [0.25, 0.3) is 0 Å². The zero-order chi connectivity index (χ0) is 12.6. The van der Waals surface area contributed by atoms with E-state index in [0.717, 1.165) is 6.42 Å². The normalized spacial score (nSPS) is 16.5. The molecule has 0 aromatic carbocycles. The Morgan fingerprint density at radius 3 is 2.50 bits per heavy atom. The van der Waals surface area contributed by atoms with Crippen LogP contribution in [-0.2, 0) is 20.3 Å². The number of ether oxygens (including phenoxy) is 1. The SMILES string of the molecule is CCOC(=O)C(CC)NC(C)CCS(C)=O. The summed E-state index contributed by atoms with van der Waals surface area (Å²) in [4.78, 5) is 11.5. The summed E-state index contributed by atoms with van der Waals surface area (Å²) in [6.45, 7) is 6.15. The monoisotopic (exact) mass is 249 g/mol. The first-order valence-corrected chi connectivity index (χ1v) is 7.46. The van der Waals surface area contributed by atoms with Gasteiger partial charge < -0.3 is 10.1 Å². The number of carbonyl (C=O) groups excluding carboxylic acids is 1. The fourth-order valence-electron chi connectivity index (χ4n) is 1.36. The molecule has 5 heteroatoms. The largest absolute Gasteiger partial charge is 0.465 e. The van der Waals surface area contributed by atoms with Crippen molar-refractivity contribution in [3.8, 4) is 0 Å². The van der Waals surface area contributed by atoms with E-state index in [9.17, 15) is 9.00 Å². The molecule has 0 heterocycles. The molecule has 0 aliphatic rings. The Bertz CT molecular complexity index is 233. The van der Waals surface area contributed by atoms with Crippen molar-refractivity contribution in [2.45, 2.75) is 45.7 Å². The van der Waals surface area contributed by atoms with Gasteiger partial charge in [0.05, 0.1) is 6.61 Å². The molecular formula is C11H23NO3S. The highest BCUT2D eigenvalue weighted by atomic mass is 32.2. The maximum atomic E-state index is 11.5. The third kappa shape index (κ3) is 6.95. The average Bonchev–Trinajstić information content (AvgIpc) is 2.23. The van der Waals surface area contributed by atoms with Gasteiger partial charge in [-0.1, -0.05) is 6.92 Å². The summed E-state index contributed by atoms with van der Waals surface area (Å²) in [5.41, 5.74) is 0. The molecule has 0 amide bonds. The van der Waals surface area contributed by atoms with Crippen LogP contribution in [0.3, 0.4) is 0 Å². The Morgan fingerprint density at radius 1 is 1.44 bits per heavy atom. The number of nitrogens with one attached hydrogen (secondary N) is 1. The maximum Gasteiger partial charge on any atom is 0.323 e. The lowest BCUT2D eigenvalue weighted by Gasteiger charge is -2.20. The first kappa shape index (κ1) is 15.6. The van der Waals surface area contributed by atoms with Crippen molar-refractivity contribution < 1.29 is 13.7 Å². The molecule has 0 saturated carbocycles. The van der Waals surface area contributed by atoms with Gasteiger partial charge in [-0.3, -0.25) is 9.00 Å². The highest BCUT2D eigenvalue weighted by Gasteiger charge is 2.19. The highest BCUT2D eigenvalue weighted by molar-refractivity contribution is 7.84. The second-order valence-corrected chi connectivity index (χ2v) is 5.40. The smallest absolute Gasteiger partial charge is 0.323 e. The van der Waals surface area contributed by atoms with Crippen LogP contribution in [-0.4, -0.2) is 40.9 Å². The minimum absolute atomic E-state index is 0.179. The molecule has 0 aromatic heterocycles. The summed E-state index contributed by atoms with van der Waals surface area (Å²) in [5.74, 6) is 0.461. The number of hydrogen-bond donors (Lipinski definition) is 1. The van der Waals surface area contributed by atoms with Gasteiger partial charge in [0, 0.05) is 28.9 Å². The van der Waals surface area contributed by atoms with E-state index < -0.39 is 10.8 Å². The first-order chi connectivity index (χ1) is 7.51. The van der Waals surface area contributed by atoms with E-state index in [1.54, 1.807) is 13.2 Å². The lowest BCUT2D eigenvalue weighted by atomic mass is 10.1. The molecule has 3 unspecified atom stereocenters. The van der Waals surface area contributed by atoms with Crippen molar-refractivity contribution in [2.75, 3.05) is 18.6 Å². The van der Waals surface area contributed by atoms with Crippen LogP contribution < -0.4 is 5.32 Å². The van der Waals surface area contributed by atoms with Gasteiger partial charge in [0.15, 0.2) is 0 Å². The second-order valence-electron chi connectivity index (χ2n) is 3.85. The molecule has 0 spiro atoms. The van der Waals surface area contributed by atoms with Crippen molar-refractivity contribution in [1.82, 2.24) is 5.32 Å². The van der Waals surface area contributed by atoms with Crippen molar-refractivity contribution >= 4 is 16.8 Å². The first-order valence-electron chi connectivity index (χ1n) is 5.73. The topological polar surface area (TPSA) is 55.4 Å². The van der Waals surface area contributed by atoms with Crippen molar-refractivity contribution in [3.05, 3.63) is 0 Å². The standard InChI is InChI=1S/C11H23NO3S/c1-5-10(11(13)15-6-2)12-9(3)7-8-16(4)14/h9-10,12H,5-8H2,1-4H3. The molecule has 0 fully saturated rings. The molecule has 3 atom stereocenters. The molecule has 96 valence electrons. The van der Waals surface area contributed by atoms with E-state index in [0.29, 0.717) is 18.8 Å². The van der Waals surface area contributed by atoms with Gasteiger partial charge in [-0.15, -0.1) is 0 Å². The highest BCUT2D eigenvalue weighted by Crippen LogP contribution is 2.00. The van der Waals surface area contributed by atoms with Gasteiger partial charge in [0.2, 0.25) is 0 Å². The zero-order valence-electron chi connectivity index (χ0n) is 10.6. The van der Waals surface area contributed by atoms with Crippen molar-refractivity contribution in [2.24, 2.45) is 0 Å². The third-order valence-electron chi connectivity index (χ3n) is 2.30. The van der Waals surface area contributed by atoms with Gasteiger partial charge in [0.1, 0.15) is 6.04 Å². The fraction of sp³-hybridized carbons (Fsp3) is 0.909. The predicted octanol–water partition coefficient (Wildman–Crippen LogP) is 1.07. The number of carbonyl (C=O) groups is 1.